The van der Waals surface area contributed by atoms with E-state index in [1.165, 1.54) is 0 Å². The summed E-state index contributed by atoms with van der Waals surface area (Å²) < 4.78 is 4.89. The number of carbonyl (C=O) groups excluding carboxylic acids is 1. The van der Waals surface area contributed by atoms with Crippen LogP contribution in [0.4, 0.5) is 0 Å². The van der Waals surface area contributed by atoms with E-state index in [0.29, 0.717) is 12.2 Å². The highest BCUT2D eigenvalue weighted by Gasteiger charge is 2.07. The normalized spacial score (nSPS) is 12.0. The lowest BCUT2D eigenvalue weighted by molar-refractivity contribution is -0.138. The number of unbranched alkanes of at least 4 members (excludes halogenated alkanes) is 1. The van der Waals surface area contributed by atoms with E-state index in [-0.39, 0.29) is 5.97 Å². The van der Waals surface area contributed by atoms with Crippen molar-refractivity contribution in [1.82, 2.24) is 5.32 Å². The van der Waals surface area contributed by atoms with Crippen LogP contribution in [-0.4, -0.2) is 19.1 Å². The van der Waals surface area contributed by atoms with Crippen LogP contribution in [0.3, 0.4) is 0 Å². The Balaban J connectivity index is 4.06. The Morgan fingerprint density at radius 2 is 1.93 bits per heavy atom. The van der Waals surface area contributed by atoms with Crippen molar-refractivity contribution in [3.8, 4) is 0 Å². The second kappa shape index (κ2) is 7.42. The zero-order chi connectivity index (χ0) is 11.0. The summed E-state index contributed by atoms with van der Waals surface area (Å²) in [6, 6.07) is 0. The molecule has 0 radical (unpaired) electrons. The van der Waals surface area contributed by atoms with Gasteiger partial charge in [-0.05, 0) is 27.2 Å². The van der Waals surface area contributed by atoms with Crippen molar-refractivity contribution in [2.24, 2.45) is 0 Å². The predicted molar refractivity (Wildman–Crippen MR) is 57.9 cm³/mol. The standard InChI is InChI=1S/C11H21NO2/c1-5-7-8-12-10(4)9(3)11(13)14-6-2/h12H,5-8H2,1-4H3. The Labute approximate surface area is 86.5 Å². The molecule has 0 aromatic rings. The van der Waals surface area contributed by atoms with Gasteiger partial charge in [0.25, 0.3) is 0 Å². The first-order valence-corrected chi connectivity index (χ1v) is 5.21. The molecule has 0 saturated carbocycles. The third-order valence-corrected chi connectivity index (χ3v) is 2.06. The van der Waals surface area contributed by atoms with E-state index in [1.807, 2.05) is 13.8 Å². The molecule has 0 rings (SSSR count). The highest BCUT2D eigenvalue weighted by molar-refractivity contribution is 5.88. The highest BCUT2D eigenvalue weighted by Crippen LogP contribution is 2.02. The van der Waals surface area contributed by atoms with Crippen molar-refractivity contribution in [3.05, 3.63) is 11.3 Å². The molecule has 82 valence electrons. The van der Waals surface area contributed by atoms with Gasteiger partial charge in [-0.25, -0.2) is 4.79 Å². The molecule has 0 aliphatic rings. The Kier molecular flexibility index (Phi) is 6.89. The van der Waals surface area contributed by atoms with Crippen LogP contribution in [0.15, 0.2) is 11.3 Å². The smallest absolute Gasteiger partial charge is 0.335 e. The fraction of sp³-hybridized carbons (Fsp3) is 0.727. The summed E-state index contributed by atoms with van der Waals surface area (Å²) in [5.74, 6) is -0.228. The first-order valence-electron chi connectivity index (χ1n) is 5.21. The molecule has 1 N–H and O–H groups in total. The summed E-state index contributed by atoms with van der Waals surface area (Å²) in [5, 5.41) is 3.20. The molecule has 0 heterocycles. The predicted octanol–water partition coefficient (Wildman–Crippen LogP) is 2.23. The summed E-state index contributed by atoms with van der Waals surface area (Å²) in [5.41, 5.74) is 1.58. The van der Waals surface area contributed by atoms with E-state index >= 15 is 0 Å². The van der Waals surface area contributed by atoms with Gasteiger partial charge in [0, 0.05) is 12.2 Å². The van der Waals surface area contributed by atoms with Gasteiger partial charge >= 0.3 is 5.97 Å². The highest BCUT2D eigenvalue weighted by atomic mass is 16.5. The summed E-state index contributed by atoms with van der Waals surface area (Å²) in [7, 11) is 0. The number of rotatable bonds is 6. The maximum atomic E-state index is 11.3. The maximum Gasteiger partial charge on any atom is 0.335 e. The second-order valence-electron chi connectivity index (χ2n) is 3.25. The zero-order valence-electron chi connectivity index (χ0n) is 9.64. The van der Waals surface area contributed by atoms with Crippen molar-refractivity contribution in [1.29, 1.82) is 0 Å². The molecule has 0 amide bonds. The van der Waals surface area contributed by atoms with Crippen LogP contribution in [0.25, 0.3) is 0 Å². The van der Waals surface area contributed by atoms with Crippen LogP contribution >= 0.6 is 0 Å². The molecule has 0 aliphatic carbocycles. The molecule has 0 fully saturated rings. The van der Waals surface area contributed by atoms with Gasteiger partial charge in [-0.1, -0.05) is 13.3 Å². The fourth-order valence-electron chi connectivity index (χ4n) is 0.978. The van der Waals surface area contributed by atoms with E-state index in [9.17, 15) is 4.79 Å². The van der Waals surface area contributed by atoms with Crippen LogP contribution in [-0.2, 0) is 9.53 Å². The Morgan fingerprint density at radius 3 is 2.43 bits per heavy atom. The summed E-state index contributed by atoms with van der Waals surface area (Å²) in [6.45, 7) is 8.98. The Hall–Kier alpha value is -0.990. The number of hydrogen-bond donors (Lipinski definition) is 1. The number of esters is 1. The molecular formula is C11H21NO2. The summed E-state index contributed by atoms with van der Waals surface area (Å²) in [6.07, 6.45) is 2.27. The molecule has 3 heteroatoms. The van der Waals surface area contributed by atoms with Gasteiger partial charge in [0.05, 0.1) is 12.2 Å². The number of allylic oxidation sites excluding steroid dienone is 1. The number of hydrogen-bond acceptors (Lipinski definition) is 3. The molecule has 0 unspecified atom stereocenters. The average molecular weight is 199 g/mol. The first-order chi connectivity index (χ1) is 6.63. The van der Waals surface area contributed by atoms with E-state index in [1.54, 1.807) is 6.92 Å². The summed E-state index contributed by atoms with van der Waals surface area (Å²) >= 11 is 0. The molecule has 3 nitrogen and oxygen atoms in total. The van der Waals surface area contributed by atoms with Gasteiger partial charge in [0.15, 0.2) is 0 Å². The molecule has 14 heavy (non-hydrogen) atoms. The molecular weight excluding hydrogens is 178 g/mol. The van der Waals surface area contributed by atoms with Crippen LogP contribution in [0, 0.1) is 0 Å². The van der Waals surface area contributed by atoms with Gasteiger partial charge in [-0.3, -0.25) is 0 Å². The van der Waals surface area contributed by atoms with Crippen LogP contribution in [0.2, 0.25) is 0 Å². The van der Waals surface area contributed by atoms with Crippen LogP contribution in [0.5, 0.6) is 0 Å². The summed E-state index contributed by atoms with van der Waals surface area (Å²) in [4.78, 5) is 11.3. The zero-order valence-corrected chi connectivity index (χ0v) is 9.64. The Morgan fingerprint density at radius 1 is 1.29 bits per heavy atom. The minimum absolute atomic E-state index is 0.228. The van der Waals surface area contributed by atoms with Crippen LogP contribution < -0.4 is 5.32 Å². The molecule has 0 aromatic carbocycles. The Bertz CT molecular complexity index is 209. The third kappa shape index (κ3) is 4.90. The molecule has 0 saturated heterocycles. The topological polar surface area (TPSA) is 38.3 Å². The fourth-order valence-corrected chi connectivity index (χ4v) is 0.978. The molecule has 0 aromatic heterocycles. The minimum atomic E-state index is -0.228. The number of carbonyl (C=O) groups is 1. The number of ether oxygens (including phenoxy) is 1. The largest absolute Gasteiger partial charge is 0.463 e. The van der Waals surface area contributed by atoms with E-state index in [0.717, 1.165) is 25.1 Å². The average Bonchev–Trinajstić information content (AvgIpc) is 2.17. The van der Waals surface area contributed by atoms with Crippen LogP contribution in [0.1, 0.15) is 40.5 Å². The van der Waals surface area contributed by atoms with E-state index in [4.69, 9.17) is 4.74 Å². The third-order valence-electron chi connectivity index (χ3n) is 2.06. The lowest BCUT2D eigenvalue weighted by Crippen LogP contribution is -2.17. The van der Waals surface area contributed by atoms with Crippen molar-refractivity contribution < 1.29 is 9.53 Å². The molecule has 0 spiro atoms. The van der Waals surface area contributed by atoms with Crippen molar-refractivity contribution in [2.45, 2.75) is 40.5 Å². The molecule has 0 atom stereocenters. The maximum absolute atomic E-state index is 11.3. The van der Waals surface area contributed by atoms with E-state index < -0.39 is 0 Å². The van der Waals surface area contributed by atoms with Crippen molar-refractivity contribution in [2.75, 3.05) is 13.2 Å². The van der Waals surface area contributed by atoms with Gasteiger partial charge in [-0.15, -0.1) is 0 Å². The van der Waals surface area contributed by atoms with Crippen molar-refractivity contribution >= 4 is 5.97 Å². The van der Waals surface area contributed by atoms with E-state index in [2.05, 4.69) is 12.2 Å². The molecule has 0 bridgehead atoms. The SMILES string of the molecule is CCCCNC(C)=C(C)C(=O)OCC. The quantitative estimate of drug-likeness (QED) is 0.405. The van der Waals surface area contributed by atoms with Crippen molar-refractivity contribution in [3.63, 3.8) is 0 Å². The van der Waals surface area contributed by atoms with Gasteiger partial charge in [0.1, 0.15) is 0 Å². The lowest BCUT2D eigenvalue weighted by Gasteiger charge is -2.09. The van der Waals surface area contributed by atoms with Gasteiger partial charge in [0.2, 0.25) is 0 Å². The first kappa shape index (κ1) is 13.0. The monoisotopic (exact) mass is 199 g/mol. The van der Waals surface area contributed by atoms with Gasteiger partial charge < -0.3 is 10.1 Å². The second-order valence-corrected chi connectivity index (χ2v) is 3.25. The van der Waals surface area contributed by atoms with Gasteiger partial charge in [-0.2, -0.15) is 0 Å². The molecule has 0 aliphatic heterocycles. The number of nitrogens with one attached hydrogen (secondary N) is 1. The minimum Gasteiger partial charge on any atom is -0.463 e. The lowest BCUT2D eigenvalue weighted by atomic mass is 10.2.